The number of piperazine rings is 1. The predicted molar refractivity (Wildman–Crippen MR) is 73.1 cm³/mol. The fourth-order valence-electron chi connectivity index (χ4n) is 2.67. The van der Waals surface area contributed by atoms with Crippen molar-refractivity contribution in [2.45, 2.75) is 32.2 Å². The van der Waals surface area contributed by atoms with E-state index in [1.54, 1.807) is 6.07 Å². The van der Waals surface area contributed by atoms with Crippen molar-refractivity contribution < 1.29 is 8.78 Å². The van der Waals surface area contributed by atoms with Gasteiger partial charge in [-0.25, -0.2) is 8.78 Å². The quantitative estimate of drug-likeness (QED) is 0.882. The van der Waals surface area contributed by atoms with Crippen LogP contribution in [0.3, 0.4) is 0 Å². The van der Waals surface area contributed by atoms with Crippen LogP contribution in [0.4, 0.5) is 8.78 Å². The standard InChI is InChI=1S/C15H22F2N2/c1-2-3-4-15(19-9-7-18-8-10-19)12-5-6-13(16)14(17)11-12/h5-6,11,15,18H,2-4,7-10H2,1H3/t15-/m1/s1. The summed E-state index contributed by atoms with van der Waals surface area (Å²) in [6, 6.07) is 4.53. The highest BCUT2D eigenvalue weighted by Gasteiger charge is 2.22. The number of hydrogen-bond acceptors (Lipinski definition) is 2. The molecule has 0 aliphatic carbocycles. The normalized spacial score (nSPS) is 18.5. The van der Waals surface area contributed by atoms with Gasteiger partial charge < -0.3 is 5.32 Å². The molecule has 1 fully saturated rings. The molecule has 1 N–H and O–H groups in total. The Labute approximate surface area is 113 Å². The van der Waals surface area contributed by atoms with Crippen molar-refractivity contribution in [3.8, 4) is 0 Å². The summed E-state index contributed by atoms with van der Waals surface area (Å²) in [5.74, 6) is -1.51. The van der Waals surface area contributed by atoms with Gasteiger partial charge in [-0.15, -0.1) is 0 Å². The lowest BCUT2D eigenvalue weighted by Gasteiger charge is -2.35. The summed E-state index contributed by atoms with van der Waals surface area (Å²) in [5, 5.41) is 3.32. The highest BCUT2D eigenvalue weighted by atomic mass is 19.2. The van der Waals surface area contributed by atoms with Gasteiger partial charge in [-0.3, -0.25) is 4.90 Å². The van der Waals surface area contributed by atoms with E-state index in [4.69, 9.17) is 0 Å². The van der Waals surface area contributed by atoms with Gasteiger partial charge in [0.15, 0.2) is 11.6 Å². The largest absolute Gasteiger partial charge is 0.314 e. The van der Waals surface area contributed by atoms with Crippen molar-refractivity contribution >= 4 is 0 Å². The van der Waals surface area contributed by atoms with Crippen LogP contribution in [0.15, 0.2) is 18.2 Å². The predicted octanol–water partition coefficient (Wildman–Crippen LogP) is 3.10. The third kappa shape index (κ3) is 3.74. The Morgan fingerprint density at radius 2 is 1.95 bits per heavy atom. The Morgan fingerprint density at radius 1 is 1.21 bits per heavy atom. The van der Waals surface area contributed by atoms with Crippen molar-refractivity contribution in [1.29, 1.82) is 0 Å². The second-order valence-corrected chi connectivity index (χ2v) is 5.12. The molecule has 0 spiro atoms. The van der Waals surface area contributed by atoms with Crippen molar-refractivity contribution in [2.75, 3.05) is 26.2 Å². The van der Waals surface area contributed by atoms with Crippen molar-refractivity contribution in [2.24, 2.45) is 0 Å². The maximum absolute atomic E-state index is 13.4. The average Bonchev–Trinajstić information content (AvgIpc) is 2.44. The van der Waals surface area contributed by atoms with Gasteiger partial charge in [-0.1, -0.05) is 25.8 Å². The number of benzene rings is 1. The first kappa shape index (κ1) is 14.4. The van der Waals surface area contributed by atoms with Crippen LogP contribution in [-0.2, 0) is 0 Å². The van der Waals surface area contributed by atoms with E-state index in [1.165, 1.54) is 12.1 Å². The third-order valence-electron chi connectivity index (χ3n) is 3.75. The molecule has 0 amide bonds. The smallest absolute Gasteiger partial charge is 0.159 e. The third-order valence-corrected chi connectivity index (χ3v) is 3.75. The Balaban J connectivity index is 2.17. The lowest BCUT2D eigenvalue weighted by atomic mass is 9.98. The van der Waals surface area contributed by atoms with E-state index in [-0.39, 0.29) is 6.04 Å². The van der Waals surface area contributed by atoms with Crippen LogP contribution in [-0.4, -0.2) is 31.1 Å². The summed E-state index contributed by atoms with van der Waals surface area (Å²) in [7, 11) is 0. The summed E-state index contributed by atoms with van der Waals surface area (Å²) in [6.07, 6.45) is 3.22. The molecular formula is C15H22F2N2. The van der Waals surface area contributed by atoms with E-state index >= 15 is 0 Å². The fourth-order valence-corrected chi connectivity index (χ4v) is 2.67. The summed E-state index contributed by atoms with van der Waals surface area (Å²) >= 11 is 0. The van der Waals surface area contributed by atoms with Crippen LogP contribution in [0.1, 0.15) is 37.8 Å². The number of unbranched alkanes of at least 4 members (excludes halogenated alkanes) is 1. The Kier molecular flexibility index (Phi) is 5.28. The van der Waals surface area contributed by atoms with Gasteiger partial charge in [0, 0.05) is 32.2 Å². The minimum Gasteiger partial charge on any atom is -0.314 e. The van der Waals surface area contributed by atoms with Crippen molar-refractivity contribution in [3.63, 3.8) is 0 Å². The summed E-state index contributed by atoms with van der Waals surface area (Å²) in [6.45, 7) is 6.01. The molecule has 19 heavy (non-hydrogen) atoms. The molecule has 4 heteroatoms. The first-order chi connectivity index (χ1) is 9.22. The lowest BCUT2D eigenvalue weighted by molar-refractivity contribution is 0.163. The lowest BCUT2D eigenvalue weighted by Crippen LogP contribution is -2.45. The van der Waals surface area contributed by atoms with Crippen LogP contribution in [0.2, 0.25) is 0 Å². The maximum Gasteiger partial charge on any atom is 0.159 e. The van der Waals surface area contributed by atoms with Crippen LogP contribution in [0.5, 0.6) is 0 Å². The fraction of sp³-hybridized carbons (Fsp3) is 0.600. The van der Waals surface area contributed by atoms with E-state index in [1.807, 2.05) is 0 Å². The first-order valence-electron chi connectivity index (χ1n) is 7.12. The van der Waals surface area contributed by atoms with Crippen LogP contribution in [0, 0.1) is 11.6 Å². The van der Waals surface area contributed by atoms with Crippen LogP contribution < -0.4 is 5.32 Å². The highest BCUT2D eigenvalue weighted by molar-refractivity contribution is 5.21. The molecule has 1 saturated heterocycles. The zero-order valence-electron chi connectivity index (χ0n) is 11.5. The molecule has 0 aromatic heterocycles. The Morgan fingerprint density at radius 3 is 2.58 bits per heavy atom. The number of nitrogens with zero attached hydrogens (tertiary/aromatic N) is 1. The van der Waals surface area contributed by atoms with E-state index in [0.717, 1.165) is 51.0 Å². The van der Waals surface area contributed by atoms with Gasteiger partial charge in [0.05, 0.1) is 0 Å². The molecule has 1 aliphatic rings. The SMILES string of the molecule is CCCC[C@H](c1ccc(F)c(F)c1)N1CCNCC1. The molecule has 1 aromatic carbocycles. The van der Waals surface area contributed by atoms with E-state index in [0.29, 0.717) is 0 Å². The molecule has 0 saturated carbocycles. The Hall–Kier alpha value is -1.00. The maximum atomic E-state index is 13.4. The summed E-state index contributed by atoms with van der Waals surface area (Å²) in [4.78, 5) is 2.37. The zero-order valence-corrected chi connectivity index (χ0v) is 11.5. The minimum atomic E-state index is -0.765. The monoisotopic (exact) mass is 268 g/mol. The van der Waals surface area contributed by atoms with E-state index < -0.39 is 11.6 Å². The number of nitrogens with one attached hydrogen (secondary N) is 1. The van der Waals surface area contributed by atoms with Crippen LogP contribution in [0.25, 0.3) is 0 Å². The molecule has 2 nitrogen and oxygen atoms in total. The van der Waals surface area contributed by atoms with Crippen molar-refractivity contribution in [1.82, 2.24) is 10.2 Å². The molecule has 1 atom stereocenters. The van der Waals surface area contributed by atoms with Gasteiger partial charge in [-0.05, 0) is 24.1 Å². The number of halogens is 2. The van der Waals surface area contributed by atoms with Gasteiger partial charge in [0.25, 0.3) is 0 Å². The molecule has 2 rings (SSSR count). The first-order valence-corrected chi connectivity index (χ1v) is 7.12. The second kappa shape index (κ2) is 6.96. The van der Waals surface area contributed by atoms with E-state index in [9.17, 15) is 8.78 Å². The van der Waals surface area contributed by atoms with Gasteiger partial charge >= 0.3 is 0 Å². The minimum absolute atomic E-state index is 0.206. The highest BCUT2D eigenvalue weighted by Crippen LogP contribution is 2.27. The van der Waals surface area contributed by atoms with Gasteiger partial charge in [0.2, 0.25) is 0 Å². The molecule has 1 heterocycles. The van der Waals surface area contributed by atoms with Gasteiger partial charge in [0.1, 0.15) is 0 Å². The molecular weight excluding hydrogens is 246 g/mol. The molecule has 106 valence electrons. The summed E-state index contributed by atoms with van der Waals surface area (Å²) < 4.78 is 26.5. The summed E-state index contributed by atoms with van der Waals surface area (Å²) in [5.41, 5.74) is 0.897. The number of hydrogen-bond donors (Lipinski definition) is 1. The van der Waals surface area contributed by atoms with E-state index in [2.05, 4.69) is 17.1 Å². The average molecular weight is 268 g/mol. The zero-order chi connectivity index (χ0) is 13.7. The molecule has 1 aromatic rings. The topological polar surface area (TPSA) is 15.3 Å². The number of rotatable bonds is 5. The van der Waals surface area contributed by atoms with Gasteiger partial charge in [-0.2, -0.15) is 0 Å². The molecule has 0 bridgehead atoms. The molecule has 0 radical (unpaired) electrons. The second-order valence-electron chi connectivity index (χ2n) is 5.12. The molecule has 0 unspecified atom stereocenters. The van der Waals surface area contributed by atoms with Crippen LogP contribution >= 0.6 is 0 Å². The van der Waals surface area contributed by atoms with Crippen molar-refractivity contribution in [3.05, 3.63) is 35.4 Å². The Bertz CT molecular complexity index is 403. The molecule has 1 aliphatic heterocycles.